The van der Waals surface area contributed by atoms with E-state index in [-0.39, 0.29) is 0 Å². The number of hydrogen-bond donors (Lipinski definition) is 0. The van der Waals surface area contributed by atoms with Gasteiger partial charge in [0.25, 0.3) is 7.12 Å². The Hall–Kier alpha value is 0.365. The molecule has 2 nitrogen and oxygen atoms in total. The standard InChI is InChI=1S/C3H9BO2S2/c1-2-3-7-8(4,5)6/h2-4H2,1H3. The molecule has 0 N–H and O–H groups in total. The molecular formula is C3H9BO2S2. The minimum atomic E-state index is -2.77. The van der Waals surface area contributed by atoms with Crippen LogP contribution >= 0.6 is 10.8 Å². The molecule has 0 aliphatic carbocycles. The molecule has 0 atom stereocenters. The van der Waals surface area contributed by atoms with Gasteiger partial charge >= 0.3 is 0 Å². The molecule has 0 radical (unpaired) electrons. The largest absolute Gasteiger partial charge is 0.270 e. The SMILES string of the molecule is BS(=O)(=O)SCCC. The molecule has 0 aromatic rings. The Morgan fingerprint density at radius 1 is 1.62 bits per heavy atom. The molecule has 0 saturated carbocycles. The van der Waals surface area contributed by atoms with Gasteiger partial charge in [0, 0.05) is 5.75 Å². The summed E-state index contributed by atoms with van der Waals surface area (Å²) in [5.74, 6) is 0.707. The lowest BCUT2D eigenvalue weighted by Gasteiger charge is -1.91. The molecule has 8 heavy (non-hydrogen) atoms. The van der Waals surface area contributed by atoms with E-state index in [1.165, 1.54) is 7.12 Å². The van der Waals surface area contributed by atoms with Crippen molar-refractivity contribution in [1.82, 2.24) is 0 Å². The van der Waals surface area contributed by atoms with E-state index in [4.69, 9.17) is 0 Å². The van der Waals surface area contributed by atoms with Crippen LogP contribution in [0.1, 0.15) is 13.3 Å². The molecule has 0 aromatic heterocycles. The van der Waals surface area contributed by atoms with E-state index in [0.29, 0.717) is 5.75 Å². The lowest BCUT2D eigenvalue weighted by atomic mass is 10.6. The molecule has 5 heteroatoms. The van der Waals surface area contributed by atoms with Crippen LogP contribution in [0.25, 0.3) is 0 Å². The fraction of sp³-hybridized carbons (Fsp3) is 1.00. The number of hydrogen-bond acceptors (Lipinski definition) is 3. The van der Waals surface area contributed by atoms with Crippen LogP contribution in [-0.2, 0) is 8.72 Å². The topological polar surface area (TPSA) is 34.1 Å². The second kappa shape index (κ2) is 3.40. The van der Waals surface area contributed by atoms with Crippen molar-refractivity contribution in [2.24, 2.45) is 0 Å². The Kier molecular flexibility index (Phi) is 3.56. The van der Waals surface area contributed by atoms with E-state index in [1.54, 1.807) is 0 Å². The zero-order valence-corrected chi connectivity index (χ0v) is 6.68. The second-order valence-corrected chi connectivity index (χ2v) is 6.10. The zero-order chi connectivity index (χ0) is 6.62. The Labute approximate surface area is 54.7 Å². The maximum Gasteiger partial charge on any atom is 0.270 e. The first-order valence-corrected chi connectivity index (χ1v) is 5.80. The van der Waals surface area contributed by atoms with Gasteiger partial charge in [0.1, 0.15) is 8.72 Å². The molecule has 0 heterocycles. The summed E-state index contributed by atoms with van der Waals surface area (Å²) in [6.07, 6.45) is 0.914. The van der Waals surface area contributed by atoms with Crippen molar-refractivity contribution in [2.75, 3.05) is 5.75 Å². The average molecular weight is 152 g/mol. The summed E-state index contributed by atoms with van der Waals surface area (Å²) in [5, 5.41) is 0. The van der Waals surface area contributed by atoms with Gasteiger partial charge in [0.2, 0.25) is 0 Å². The third kappa shape index (κ3) is 6.36. The van der Waals surface area contributed by atoms with Crippen molar-refractivity contribution in [2.45, 2.75) is 13.3 Å². The van der Waals surface area contributed by atoms with Gasteiger partial charge in [-0.1, -0.05) is 6.92 Å². The summed E-state index contributed by atoms with van der Waals surface area (Å²) in [4.78, 5) is 0. The Morgan fingerprint density at radius 2 is 2.12 bits per heavy atom. The van der Waals surface area contributed by atoms with E-state index in [1.807, 2.05) is 6.92 Å². The van der Waals surface area contributed by atoms with Gasteiger partial charge in [-0.3, -0.25) is 0 Å². The predicted octanol–water partition coefficient (Wildman–Crippen LogP) is 0.00750. The van der Waals surface area contributed by atoms with Crippen LogP contribution in [0, 0.1) is 0 Å². The third-order valence-corrected chi connectivity index (χ3v) is 3.29. The van der Waals surface area contributed by atoms with E-state index in [9.17, 15) is 8.42 Å². The molecule has 0 rings (SSSR count). The highest BCUT2D eigenvalue weighted by atomic mass is 33.1. The van der Waals surface area contributed by atoms with Gasteiger partial charge in [-0.15, -0.1) is 0 Å². The molecule has 0 aliphatic rings. The van der Waals surface area contributed by atoms with Crippen molar-refractivity contribution in [3.05, 3.63) is 0 Å². The van der Waals surface area contributed by atoms with Crippen molar-refractivity contribution >= 4 is 26.6 Å². The molecule has 0 spiro atoms. The Morgan fingerprint density at radius 3 is 2.25 bits per heavy atom. The maximum atomic E-state index is 10.4. The van der Waals surface area contributed by atoms with Crippen molar-refractivity contribution in [3.8, 4) is 0 Å². The average Bonchev–Trinajstić information content (AvgIpc) is 1.59. The summed E-state index contributed by atoms with van der Waals surface area (Å²) in [7, 11) is -0.534. The summed E-state index contributed by atoms with van der Waals surface area (Å²) >= 11 is 0. The van der Waals surface area contributed by atoms with Crippen LogP contribution in [0.4, 0.5) is 0 Å². The summed E-state index contributed by atoms with van der Waals surface area (Å²) in [6.45, 7) is 1.96. The van der Waals surface area contributed by atoms with Crippen molar-refractivity contribution in [3.63, 3.8) is 0 Å². The molecule has 0 unspecified atom stereocenters. The van der Waals surface area contributed by atoms with Gasteiger partial charge in [0.15, 0.2) is 0 Å². The quantitative estimate of drug-likeness (QED) is 0.422. The summed E-state index contributed by atoms with van der Waals surface area (Å²) < 4.78 is 20.7. The van der Waals surface area contributed by atoms with Gasteiger partial charge in [-0.2, -0.15) is 0 Å². The van der Waals surface area contributed by atoms with Crippen LogP contribution in [0.5, 0.6) is 0 Å². The highest BCUT2D eigenvalue weighted by Gasteiger charge is 1.98. The first kappa shape index (κ1) is 8.36. The van der Waals surface area contributed by atoms with E-state index in [0.717, 1.165) is 17.2 Å². The summed E-state index contributed by atoms with van der Waals surface area (Å²) in [6, 6.07) is 0. The van der Waals surface area contributed by atoms with Gasteiger partial charge < -0.3 is 0 Å². The lowest BCUT2D eigenvalue weighted by molar-refractivity contribution is 0.622. The van der Waals surface area contributed by atoms with Gasteiger partial charge in [-0.25, -0.2) is 8.42 Å². The van der Waals surface area contributed by atoms with Crippen LogP contribution in [-0.4, -0.2) is 21.3 Å². The summed E-state index contributed by atoms with van der Waals surface area (Å²) in [5.41, 5.74) is 0. The van der Waals surface area contributed by atoms with E-state index < -0.39 is 8.72 Å². The van der Waals surface area contributed by atoms with Crippen molar-refractivity contribution in [1.29, 1.82) is 0 Å². The molecule has 0 saturated heterocycles. The first-order chi connectivity index (χ1) is 3.56. The molecule has 0 fully saturated rings. The minimum Gasteiger partial charge on any atom is -0.231 e. The highest BCUT2D eigenvalue weighted by Crippen LogP contribution is 2.08. The molecular weight excluding hydrogens is 143 g/mol. The third-order valence-electron chi connectivity index (χ3n) is 0.502. The minimum absolute atomic E-state index is 0.707. The fourth-order valence-corrected chi connectivity index (χ4v) is 2.11. The first-order valence-electron chi connectivity index (χ1n) is 2.40. The second-order valence-electron chi connectivity index (χ2n) is 1.53. The maximum absolute atomic E-state index is 10.4. The highest BCUT2D eigenvalue weighted by molar-refractivity contribution is 8.79. The Bertz CT molecular complexity index is 139. The monoisotopic (exact) mass is 152 g/mol. The Balaban J connectivity index is 3.42. The lowest BCUT2D eigenvalue weighted by Crippen LogP contribution is -1.91. The fourth-order valence-electron chi connectivity index (χ4n) is 0.235. The zero-order valence-electron chi connectivity index (χ0n) is 5.05. The van der Waals surface area contributed by atoms with E-state index >= 15 is 0 Å². The van der Waals surface area contributed by atoms with Crippen LogP contribution in [0.3, 0.4) is 0 Å². The molecule has 0 amide bonds. The smallest absolute Gasteiger partial charge is 0.231 e. The number of rotatable bonds is 3. The molecule has 0 bridgehead atoms. The van der Waals surface area contributed by atoms with Crippen LogP contribution < -0.4 is 0 Å². The predicted molar refractivity (Wildman–Crippen MR) is 40.2 cm³/mol. The van der Waals surface area contributed by atoms with Gasteiger partial charge in [0.05, 0.1) is 0 Å². The van der Waals surface area contributed by atoms with Crippen LogP contribution in [0.15, 0.2) is 0 Å². The van der Waals surface area contributed by atoms with Gasteiger partial charge in [-0.05, 0) is 17.2 Å². The normalized spacial score (nSPS) is 11.6. The molecule has 0 aromatic carbocycles. The van der Waals surface area contributed by atoms with E-state index in [2.05, 4.69) is 0 Å². The molecule has 48 valence electrons. The molecule has 0 aliphatic heterocycles. The van der Waals surface area contributed by atoms with Crippen molar-refractivity contribution < 1.29 is 8.42 Å². The van der Waals surface area contributed by atoms with Crippen LogP contribution in [0.2, 0.25) is 0 Å².